The highest BCUT2D eigenvalue weighted by Gasteiger charge is 2.37. The number of hydrogen-bond donors (Lipinski definition) is 3. The molecule has 0 unspecified atom stereocenters. The average molecular weight is 522 g/mol. The van der Waals surface area contributed by atoms with Gasteiger partial charge in [0.2, 0.25) is 10.0 Å². The summed E-state index contributed by atoms with van der Waals surface area (Å²) >= 11 is 0. The van der Waals surface area contributed by atoms with E-state index in [9.17, 15) is 8.42 Å². The molecule has 2 rings (SSSR count). The van der Waals surface area contributed by atoms with Gasteiger partial charge in [-0.1, -0.05) is 44.5 Å². The van der Waals surface area contributed by atoms with Crippen LogP contribution in [0.4, 0.5) is 0 Å². The second-order valence-electron chi connectivity index (χ2n) is 8.01. The number of rotatable bonds is 9. The molecule has 1 aliphatic rings. The van der Waals surface area contributed by atoms with Crippen LogP contribution in [0.15, 0.2) is 29.3 Å². The van der Waals surface area contributed by atoms with Gasteiger partial charge in [0.05, 0.1) is 5.75 Å². The third-order valence-electron chi connectivity index (χ3n) is 5.26. The molecule has 0 atom stereocenters. The molecule has 3 N–H and O–H groups in total. The van der Waals surface area contributed by atoms with Crippen molar-refractivity contribution in [2.45, 2.75) is 51.8 Å². The Hall–Kier alpha value is -0.870. The van der Waals surface area contributed by atoms with Crippen molar-refractivity contribution in [1.82, 2.24) is 15.4 Å². The summed E-state index contributed by atoms with van der Waals surface area (Å²) in [7, 11) is -0.0167. The van der Waals surface area contributed by atoms with Crippen molar-refractivity contribution < 1.29 is 8.42 Å². The van der Waals surface area contributed by atoms with Crippen LogP contribution in [0.5, 0.6) is 0 Å². The first-order valence-electron chi connectivity index (χ1n) is 9.71. The smallest absolute Gasteiger partial charge is 0.215 e. The van der Waals surface area contributed by atoms with Crippen molar-refractivity contribution in [2.75, 3.05) is 20.6 Å². The third-order valence-corrected chi connectivity index (χ3v) is 6.60. The molecule has 1 aliphatic carbocycles. The molecule has 1 fully saturated rings. The first-order chi connectivity index (χ1) is 12.8. The Morgan fingerprint density at radius 1 is 1.14 bits per heavy atom. The van der Waals surface area contributed by atoms with Gasteiger partial charge in [0.1, 0.15) is 0 Å². The fourth-order valence-corrected chi connectivity index (χ4v) is 4.49. The van der Waals surface area contributed by atoms with Crippen molar-refractivity contribution in [3.8, 4) is 0 Å². The van der Waals surface area contributed by atoms with Crippen molar-refractivity contribution in [3.63, 3.8) is 0 Å². The number of halogens is 1. The predicted octanol–water partition coefficient (Wildman–Crippen LogP) is 3.24. The van der Waals surface area contributed by atoms with Gasteiger partial charge in [-0.3, -0.25) is 4.99 Å². The van der Waals surface area contributed by atoms with Crippen molar-refractivity contribution in [2.24, 2.45) is 16.3 Å². The van der Waals surface area contributed by atoms with E-state index in [2.05, 4.69) is 34.2 Å². The topological polar surface area (TPSA) is 82.6 Å². The van der Waals surface area contributed by atoms with Crippen molar-refractivity contribution >= 4 is 40.0 Å². The van der Waals surface area contributed by atoms with Gasteiger partial charge in [0.15, 0.2) is 5.96 Å². The van der Waals surface area contributed by atoms with E-state index < -0.39 is 10.0 Å². The molecule has 0 radical (unpaired) electrons. The highest BCUT2D eigenvalue weighted by Crippen LogP contribution is 2.45. The zero-order valence-electron chi connectivity index (χ0n) is 17.4. The molecule has 0 aromatic heterocycles. The molecule has 1 aromatic rings. The summed E-state index contributed by atoms with van der Waals surface area (Å²) < 4.78 is 25.6. The van der Waals surface area contributed by atoms with Crippen molar-refractivity contribution in [3.05, 3.63) is 35.4 Å². The minimum absolute atomic E-state index is 0. The maximum atomic E-state index is 11.6. The van der Waals surface area contributed by atoms with Gasteiger partial charge in [-0.2, -0.15) is 0 Å². The molecule has 0 aliphatic heterocycles. The van der Waals surface area contributed by atoms with Crippen LogP contribution in [-0.2, 0) is 22.3 Å². The molecular formula is C20H35IN4O2S. The molecular weight excluding hydrogens is 487 g/mol. The van der Waals surface area contributed by atoms with Gasteiger partial charge in [-0.05, 0) is 48.8 Å². The van der Waals surface area contributed by atoms with Crippen LogP contribution in [0.1, 0.15) is 50.7 Å². The van der Waals surface area contributed by atoms with Crippen LogP contribution in [-0.4, -0.2) is 35.0 Å². The molecule has 1 saturated carbocycles. The van der Waals surface area contributed by atoms with E-state index in [1.54, 1.807) is 7.05 Å². The maximum absolute atomic E-state index is 11.6. The molecule has 160 valence electrons. The lowest BCUT2D eigenvalue weighted by molar-refractivity contribution is 0.104. The van der Waals surface area contributed by atoms with E-state index in [0.717, 1.165) is 23.6 Å². The minimum Gasteiger partial charge on any atom is -0.356 e. The van der Waals surface area contributed by atoms with Gasteiger partial charge in [0.25, 0.3) is 0 Å². The Morgan fingerprint density at radius 2 is 1.75 bits per heavy atom. The Labute approximate surface area is 187 Å². The van der Waals surface area contributed by atoms with Gasteiger partial charge < -0.3 is 10.6 Å². The largest absolute Gasteiger partial charge is 0.356 e. The molecule has 0 bridgehead atoms. The Kier molecular flexibility index (Phi) is 10.2. The summed E-state index contributed by atoms with van der Waals surface area (Å²) in [6, 6.07) is 7.61. The number of aliphatic imine (C=N–C) groups is 1. The molecule has 0 saturated heterocycles. The van der Waals surface area contributed by atoms with Crippen LogP contribution in [0.2, 0.25) is 0 Å². The number of guanidine groups is 1. The summed E-state index contributed by atoms with van der Waals surface area (Å²) in [5, 5.41) is 6.84. The number of sulfonamides is 1. The summed E-state index contributed by atoms with van der Waals surface area (Å²) in [5.74, 6) is 1.53. The van der Waals surface area contributed by atoms with E-state index in [0.29, 0.717) is 17.9 Å². The third kappa shape index (κ3) is 7.87. The lowest BCUT2D eigenvalue weighted by atomic mass is 9.64. The number of benzene rings is 1. The van der Waals surface area contributed by atoms with Gasteiger partial charge in [0, 0.05) is 20.1 Å². The lowest BCUT2D eigenvalue weighted by Gasteiger charge is -2.43. The molecule has 0 amide bonds. The van der Waals surface area contributed by atoms with Gasteiger partial charge in [-0.25, -0.2) is 13.1 Å². The van der Waals surface area contributed by atoms with E-state index in [4.69, 9.17) is 0 Å². The van der Waals surface area contributed by atoms with Crippen LogP contribution in [0.3, 0.4) is 0 Å². The minimum atomic E-state index is -3.24. The summed E-state index contributed by atoms with van der Waals surface area (Å²) in [6.07, 6.45) is 5.18. The van der Waals surface area contributed by atoms with E-state index in [-0.39, 0.29) is 29.7 Å². The summed E-state index contributed by atoms with van der Waals surface area (Å²) in [5.41, 5.74) is 2.28. The fraction of sp³-hybridized carbons (Fsp3) is 0.650. The second kappa shape index (κ2) is 11.3. The zero-order valence-corrected chi connectivity index (χ0v) is 20.6. The normalized spacial score (nSPS) is 16.2. The number of nitrogens with one attached hydrogen (secondary N) is 3. The first-order valence-corrected chi connectivity index (χ1v) is 11.4. The predicted molar refractivity (Wildman–Crippen MR) is 127 cm³/mol. The molecule has 1 aromatic carbocycles. The summed E-state index contributed by atoms with van der Waals surface area (Å²) in [6.45, 7) is 6.19. The van der Waals surface area contributed by atoms with Crippen molar-refractivity contribution in [1.29, 1.82) is 0 Å². The Bertz CT molecular complexity index is 729. The quantitative estimate of drug-likeness (QED) is 0.264. The monoisotopic (exact) mass is 522 g/mol. The molecule has 0 heterocycles. The highest BCUT2D eigenvalue weighted by molar-refractivity contribution is 14.0. The average Bonchev–Trinajstić information content (AvgIpc) is 2.60. The second-order valence-corrected chi connectivity index (χ2v) is 9.94. The Balaban J connectivity index is 0.00000392. The van der Waals surface area contributed by atoms with Crippen LogP contribution in [0.25, 0.3) is 0 Å². The van der Waals surface area contributed by atoms with E-state index >= 15 is 0 Å². The van der Waals surface area contributed by atoms with Gasteiger partial charge >= 0.3 is 0 Å². The SMILES string of the molecule is CN=C(NCc1ccc(CS(=O)(=O)NC)cc1)NCC1(CC(C)C)CCC1.I. The zero-order chi connectivity index (χ0) is 19.9. The molecule has 8 heteroatoms. The van der Waals surface area contributed by atoms with Crippen LogP contribution in [0, 0.1) is 11.3 Å². The van der Waals surface area contributed by atoms with E-state index in [1.165, 1.54) is 32.7 Å². The van der Waals surface area contributed by atoms with Crippen LogP contribution >= 0.6 is 24.0 Å². The number of hydrogen-bond acceptors (Lipinski definition) is 3. The molecule has 28 heavy (non-hydrogen) atoms. The standard InChI is InChI=1S/C20H34N4O2S.HI/c1-16(2)12-20(10-5-11-20)15-24-19(21-3)23-13-17-6-8-18(9-7-17)14-27(25,26)22-4;/h6-9,16,22H,5,10-15H2,1-4H3,(H2,21,23,24);1H. The Morgan fingerprint density at radius 3 is 2.21 bits per heavy atom. The first kappa shape index (κ1) is 25.2. The molecule has 0 spiro atoms. The lowest BCUT2D eigenvalue weighted by Crippen LogP contribution is -2.46. The van der Waals surface area contributed by atoms with E-state index in [1.807, 2.05) is 24.3 Å². The van der Waals surface area contributed by atoms with Crippen LogP contribution < -0.4 is 15.4 Å². The maximum Gasteiger partial charge on any atom is 0.215 e. The summed E-state index contributed by atoms with van der Waals surface area (Å²) in [4.78, 5) is 4.33. The highest BCUT2D eigenvalue weighted by atomic mass is 127. The number of nitrogens with zero attached hydrogens (tertiary/aromatic N) is 1. The fourth-order valence-electron chi connectivity index (χ4n) is 3.72. The molecule has 6 nitrogen and oxygen atoms in total. The van der Waals surface area contributed by atoms with Gasteiger partial charge in [-0.15, -0.1) is 24.0 Å².